The summed E-state index contributed by atoms with van der Waals surface area (Å²) in [7, 11) is 1.63. The normalized spacial score (nSPS) is 9.16. The molecule has 0 radical (unpaired) electrons. The second-order valence-corrected chi connectivity index (χ2v) is 3.78. The minimum absolute atomic E-state index is 0.698. The lowest BCUT2D eigenvalue weighted by Gasteiger charge is -2.01. The van der Waals surface area contributed by atoms with Crippen LogP contribution in [0.1, 0.15) is 6.92 Å². The molecule has 4 nitrogen and oxygen atoms in total. The van der Waals surface area contributed by atoms with Gasteiger partial charge in [-0.05, 0) is 55.5 Å². The van der Waals surface area contributed by atoms with Crippen LogP contribution in [0.2, 0.25) is 0 Å². The summed E-state index contributed by atoms with van der Waals surface area (Å²) >= 11 is 0. The van der Waals surface area contributed by atoms with Gasteiger partial charge in [-0.1, -0.05) is 0 Å². The highest BCUT2D eigenvalue weighted by molar-refractivity contribution is 5.42. The first-order chi connectivity index (χ1) is 9.15. The lowest BCUT2D eigenvalue weighted by atomic mass is 10.3. The van der Waals surface area contributed by atoms with Crippen LogP contribution in [0.25, 0.3) is 0 Å². The van der Waals surface area contributed by atoms with Crippen molar-refractivity contribution in [1.29, 1.82) is 0 Å². The second kappa shape index (κ2) is 7.87. The Morgan fingerprint density at radius 1 is 0.789 bits per heavy atom. The molecule has 2 aromatic rings. The summed E-state index contributed by atoms with van der Waals surface area (Å²) in [5, 5.41) is 0. The zero-order chi connectivity index (χ0) is 14.1. The van der Waals surface area contributed by atoms with Crippen LogP contribution in [-0.2, 0) is 0 Å². The van der Waals surface area contributed by atoms with Crippen LogP contribution in [0, 0.1) is 0 Å². The fourth-order valence-electron chi connectivity index (χ4n) is 1.33. The highest BCUT2D eigenvalue weighted by atomic mass is 16.5. The molecule has 0 saturated carbocycles. The first kappa shape index (κ1) is 14.7. The number of rotatable bonds is 3. The Kier molecular flexibility index (Phi) is 6.09. The summed E-state index contributed by atoms with van der Waals surface area (Å²) in [6.07, 6.45) is 0. The van der Waals surface area contributed by atoms with E-state index in [1.807, 2.05) is 43.3 Å². The van der Waals surface area contributed by atoms with Crippen molar-refractivity contribution in [2.45, 2.75) is 6.92 Å². The monoisotopic (exact) mass is 260 g/mol. The molecular weight excluding hydrogens is 240 g/mol. The van der Waals surface area contributed by atoms with E-state index in [1.54, 1.807) is 19.2 Å². The van der Waals surface area contributed by atoms with Gasteiger partial charge in [-0.15, -0.1) is 0 Å². The van der Waals surface area contributed by atoms with E-state index in [1.165, 1.54) is 0 Å². The summed E-state index contributed by atoms with van der Waals surface area (Å²) in [5.41, 5.74) is 12.4. The first-order valence-electron chi connectivity index (χ1n) is 6.03. The number of hydrogen-bond acceptors (Lipinski definition) is 4. The smallest absolute Gasteiger partial charge is 0.119 e. The maximum Gasteiger partial charge on any atom is 0.119 e. The summed E-state index contributed by atoms with van der Waals surface area (Å²) in [6.45, 7) is 2.65. The van der Waals surface area contributed by atoms with E-state index in [2.05, 4.69) is 0 Å². The maximum atomic E-state index is 5.47. The molecule has 0 fully saturated rings. The third kappa shape index (κ3) is 5.68. The minimum Gasteiger partial charge on any atom is -0.497 e. The van der Waals surface area contributed by atoms with E-state index in [4.69, 9.17) is 20.9 Å². The van der Waals surface area contributed by atoms with Gasteiger partial charge in [0.25, 0.3) is 0 Å². The zero-order valence-electron chi connectivity index (χ0n) is 11.3. The molecule has 4 N–H and O–H groups in total. The van der Waals surface area contributed by atoms with Crippen LogP contribution in [0.15, 0.2) is 48.5 Å². The number of hydrogen-bond donors (Lipinski definition) is 2. The number of nitrogen functional groups attached to an aromatic ring is 2. The van der Waals surface area contributed by atoms with E-state index in [0.29, 0.717) is 6.61 Å². The maximum absolute atomic E-state index is 5.47. The van der Waals surface area contributed by atoms with Gasteiger partial charge in [-0.3, -0.25) is 0 Å². The molecule has 19 heavy (non-hydrogen) atoms. The molecular formula is C15H20N2O2. The molecule has 2 aromatic carbocycles. The van der Waals surface area contributed by atoms with Crippen molar-refractivity contribution in [1.82, 2.24) is 0 Å². The van der Waals surface area contributed by atoms with Crippen LogP contribution in [0.5, 0.6) is 11.5 Å². The van der Waals surface area contributed by atoms with Crippen LogP contribution >= 0.6 is 0 Å². The fraction of sp³-hybridized carbons (Fsp3) is 0.200. The molecule has 4 heteroatoms. The van der Waals surface area contributed by atoms with Crippen LogP contribution in [0.3, 0.4) is 0 Å². The predicted molar refractivity (Wildman–Crippen MR) is 79.4 cm³/mol. The van der Waals surface area contributed by atoms with Crippen molar-refractivity contribution in [2.24, 2.45) is 0 Å². The molecule has 0 atom stereocenters. The molecule has 0 bridgehead atoms. The summed E-state index contributed by atoms with van der Waals surface area (Å²) in [4.78, 5) is 0. The van der Waals surface area contributed by atoms with Crippen molar-refractivity contribution in [3.8, 4) is 11.5 Å². The highest BCUT2D eigenvalue weighted by Gasteiger charge is 1.88. The number of anilines is 2. The lowest BCUT2D eigenvalue weighted by molar-refractivity contribution is 0.340. The molecule has 0 aliphatic heterocycles. The predicted octanol–water partition coefficient (Wildman–Crippen LogP) is 2.94. The average molecular weight is 260 g/mol. The van der Waals surface area contributed by atoms with E-state index in [0.717, 1.165) is 22.9 Å². The highest BCUT2D eigenvalue weighted by Crippen LogP contribution is 2.12. The third-order valence-corrected chi connectivity index (χ3v) is 2.31. The molecule has 0 spiro atoms. The fourth-order valence-corrected chi connectivity index (χ4v) is 1.33. The Labute approximate surface area is 113 Å². The van der Waals surface area contributed by atoms with Gasteiger partial charge in [0.1, 0.15) is 11.5 Å². The standard InChI is InChI=1S/C8H11NO.C7H9NO/c1-2-10-8-5-3-7(9)4-6-8;1-9-7-4-2-6(8)3-5-7/h3-6H,2,9H2,1H3;2-5H,8H2,1H3. The third-order valence-electron chi connectivity index (χ3n) is 2.31. The summed E-state index contributed by atoms with van der Waals surface area (Å²) in [5.74, 6) is 1.71. The first-order valence-corrected chi connectivity index (χ1v) is 6.03. The topological polar surface area (TPSA) is 70.5 Å². The Morgan fingerprint density at radius 2 is 1.21 bits per heavy atom. The van der Waals surface area contributed by atoms with Gasteiger partial charge in [0.15, 0.2) is 0 Å². The molecule has 0 aromatic heterocycles. The van der Waals surface area contributed by atoms with Gasteiger partial charge in [-0.25, -0.2) is 0 Å². The quantitative estimate of drug-likeness (QED) is 0.832. The van der Waals surface area contributed by atoms with Gasteiger partial charge in [0, 0.05) is 11.4 Å². The molecule has 0 amide bonds. The Balaban J connectivity index is 0.000000191. The number of benzene rings is 2. The van der Waals surface area contributed by atoms with Crippen LogP contribution in [-0.4, -0.2) is 13.7 Å². The van der Waals surface area contributed by atoms with Gasteiger partial charge in [0.05, 0.1) is 13.7 Å². The number of nitrogens with two attached hydrogens (primary N) is 2. The van der Waals surface area contributed by atoms with Crippen molar-refractivity contribution < 1.29 is 9.47 Å². The van der Waals surface area contributed by atoms with Crippen LogP contribution in [0.4, 0.5) is 11.4 Å². The average Bonchev–Trinajstić information content (AvgIpc) is 2.43. The van der Waals surface area contributed by atoms with E-state index >= 15 is 0 Å². The van der Waals surface area contributed by atoms with E-state index in [9.17, 15) is 0 Å². The number of methoxy groups -OCH3 is 1. The van der Waals surface area contributed by atoms with Crippen LogP contribution < -0.4 is 20.9 Å². The minimum atomic E-state index is 0.698. The molecule has 0 aliphatic rings. The van der Waals surface area contributed by atoms with E-state index in [-0.39, 0.29) is 0 Å². The molecule has 102 valence electrons. The van der Waals surface area contributed by atoms with E-state index < -0.39 is 0 Å². The lowest BCUT2D eigenvalue weighted by Crippen LogP contribution is -1.91. The SMILES string of the molecule is CCOc1ccc(N)cc1.COc1ccc(N)cc1. The van der Waals surface area contributed by atoms with Gasteiger partial charge < -0.3 is 20.9 Å². The second-order valence-electron chi connectivity index (χ2n) is 3.78. The Bertz CT molecular complexity index is 467. The molecule has 2 rings (SSSR count). The van der Waals surface area contributed by atoms with Gasteiger partial charge in [-0.2, -0.15) is 0 Å². The zero-order valence-corrected chi connectivity index (χ0v) is 11.3. The molecule has 0 heterocycles. The van der Waals surface area contributed by atoms with Crippen molar-refractivity contribution in [3.63, 3.8) is 0 Å². The van der Waals surface area contributed by atoms with Gasteiger partial charge >= 0.3 is 0 Å². The van der Waals surface area contributed by atoms with Gasteiger partial charge in [0.2, 0.25) is 0 Å². The van der Waals surface area contributed by atoms with Crippen molar-refractivity contribution >= 4 is 11.4 Å². The summed E-state index contributed by atoms with van der Waals surface area (Å²) in [6, 6.07) is 14.6. The largest absolute Gasteiger partial charge is 0.497 e. The molecule has 0 unspecified atom stereocenters. The summed E-state index contributed by atoms with van der Waals surface area (Å²) < 4.78 is 10.1. The Hall–Kier alpha value is -2.36. The van der Waals surface area contributed by atoms with Crippen molar-refractivity contribution in [3.05, 3.63) is 48.5 Å². The molecule has 0 aliphatic carbocycles. The van der Waals surface area contributed by atoms with Crippen molar-refractivity contribution in [2.75, 3.05) is 25.2 Å². The molecule has 0 saturated heterocycles. The Morgan fingerprint density at radius 3 is 1.58 bits per heavy atom. The number of ether oxygens (including phenoxy) is 2.